The molecule has 1 aliphatic heterocycles. The van der Waals surface area contributed by atoms with Gasteiger partial charge in [-0.25, -0.2) is 0 Å². The zero-order valence-electron chi connectivity index (χ0n) is 13.0. The summed E-state index contributed by atoms with van der Waals surface area (Å²) < 4.78 is 16.2. The second kappa shape index (κ2) is 4.38. The maximum atomic E-state index is 13.9. The molecule has 0 fully saturated rings. The van der Waals surface area contributed by atoms with Crippen molar-refractivity contribution in [1.29, 1.82) is 0 Å². The smallest absolute Gasteiger partial charge is 0.182 e. The zero-order chi connectivity index (χ0) is 14.5. The number of nitrogens with zero attached hydrogens (tertiary/aromatic N) is 1. The van der Waals surface area contributed by atoms with E-state index in [0.717, 1.165) is 13.0 Å². The van der Waals surface area contributed by atoms with Gasteiger partial charge in [-0.2, -0.15) is 0 Å². The van der Waals surface area contributed by atoms with Crippen molar-refractivity contribution < 1.29 is 4.57 Å². The van der Waals surface area contributed by atoms with Crippen molar-refractivity contribution >= 4 is 13.0 Å². The summed E-state index contributed by atoms with van der Waals surface area (Å²) in [6.45, 7) is 13.5. The standard InChI is InChI=1S/C16H26NOP/c1-15(2,3)19(18,16(4,5)6)17-12-11-13-9-7-8-10-14(13)17/h7-10H,11-12H2,1-6H3. The third-order valence-corrected chi connectivity index (χ3v) is 8.75. The molecular weight excluding hydrogens is 253 g/mol. The summed E-state index contributed by atoms with van der Waals surface area (Å²) in [4.78, 5) is 0. The number of anilines is 1. The molecule has 106 valence electrons. The first-order valence-corrected chi connectivity index (χ1v) is 8.71. The first kappa shape index (κ1) is 14.7. The molecule has 0 unspecified atom stereocenters. The highest BCUT2D eigenvalue weighted by atomic mass is 31.2. The van der Waals surface area contributed by atoms with Gasteiger partial charge in [0.25, 0.3) is 0 Å². The van der Waals surface area contributed by atoms with Crippen molar-refractivity contribution in [2.24, 2.45) is 0 Å². The molecule has 3 heteroatoms. The largest absolute Gasteiger partial charge is 0.321 e. The van der Waals surface area contributed by atoms with Crippen molar-refractivity contribution in [3.63, 3.8) is 0 Å². The summed E-state index contributed by atoms with van der Waals surface area (Å²) in [5.74, 6) is 0. The average molecular weight is 279 g/mol. The number of para-hydroxylation sites is 1. The van der Waals surface area contributed by atoms with E-state index in [9.17, 15) is 4.57 Å². The zero-order valence-corrected chi connectivity index (χ0v) is 13.9. The Morgan fingerprint density at radius 1 is 1.00 bits per heavy atom. The highest BCUT2D eigenvalue weighted by molar-refractivity contribution is 7.68. The minimum absolute atomic E-state index is 0.220. The fourth-order valence-electron chi connectivity index (χ4n) is 3.34. The third-order valence-electron chi connectivity index (χ3n) is 4.02. The predicted molar refractivity (Wildman–Crippen MR) is 84.6 cm³/mol. The number of benzene rings is 1. The molecule has 1 aliphatic rings. The van der Waals surface area contributed by atoms with E-state index < -0.39 is 7.29 Å². The van der Waals surface area contributed by atoms with Gasteiger partial charge in [0.05, 0.1) is 0 Å². The van der Waals surface area contributed by atoms with Gasteiger partial charge in [0.15, 0.2) is 7.29 Å². The lowest BCUT2D eigenvalue weighted by Crippen LogP contribution is -2.39. The Bertz CT molecular complexity index is 504. The van der Waals surface area contributed by atoms with E-state index >= 15 is 0 Å². The lowest BCUT2D eigenvalue weighted by atomic mass is 10.2. The Kier molecular flexibility index (Phi) is 3.38. The third kappa shape index (κ3) is 2.14. The van der Waals surface area contributed by atoms with Crippen molar-refractivity contribution in [2.75, 3.05) is 11.2 Å². The molecule has 19 heavy (non-hydrogen) atoms. The van der Waals surface area contributed by atoms with E-state index in [1.165, 1.54) is 11.3 Å². The summed E-state index contributed by atoms with van der Waals surface area (Å²) >= 11 is 0. The van der Waals surface area contributed by atoms with Crippen molar-refractivity contribution in [2.45, 2.75) is 58.3 Å². The molecule has 2 rings (SSSR count). The van der Waals surface area contributed by atoms with E-state index in [2.05, 4.69) is 64.4 Å². The van der Waals surface area contributed by atoms with Crippen LogP contribution in [-0.2, 0) is 11.0 Å². The van der Waals surface area contributed by atoms with Gasteiger partial charge in [0.2, 0.25) is 0 Å². The highest BCUT2D eigenvalue weighted by Gasteiger charge is 2.51. The van der Waals surface area contributed by atoms with Crippen LogP contribution in [0.5, 0.6) is 0 Å². The second-order valence-corrected chi connectivity index (χ2v) is 11.7. The van der Waals surface area contributed by atoms with E-state index in [0.29, 0.717) is 0 Å². The summed E-state index contributed by atoms with van der Waals surface area (Å²) in [6, 6.07) is 8.39. The number of hydrogen-bond donors (Lipinski definition) is 0. The van der Waals surface area contributed by atoms with E-state index in [4.69, 9.17) is 0 Å². The Labute approximate surface area is 117 Å². The quantitative estimate of drug-likeness (QED) is 0.680. The predicted octanol–water partition coefficient (Wildman–Crippen LogP) is 4.92. The molecule has 1 heterocycles. The van der Waals surface area contributed by atoms with Crippen molar-refractivity contribution in [1.82, 2.24) is 0 Å². The molecule has 0 aromatic heterocycles. The Hall–Kier alpha value is -0.750. The van der Waals surface area contributed by atoms with E-state index in [-0.39, 0.29) is 10.3 Å². The van der Waals surface area contributed by atoms with Gasteiger partial charge in [-0.1, -0.05) is 59.7 Å². The number of fused-ring (bicyclic) bond motifs is 1. The Morgan fingerprint density at radius 3 is 2.05 bits per heavy atom. The summed E-state index contributed by atoms with van der Waals surface area (Å²) in [5.41, 5.74) is 2.51. The number of hydrogen-bond acceptors (Lipinski definition) is 1. The van der Waals surface area contributed by atoms with Crippen LogP contribution in [0.1, 0.15) is 47.1 Å². The lowest BCUT2D eigenvalue weighted by Gasteiger charge is -2.47. The van der Waals surface area contributed by atoms with Gasteiger partial charge in [-0.15, -0.1) is 0 Å². The van der Waals surface area contributed by atoms with Crippen LogP contribution >= 0.6 is 7.29 Å². The van der Waals surface area contributed by atoms with Gasteiger partial charge in [0, 0.05) is 22.5 Å². The van der Waals surface area contributed by atoms with Gasteiger partial charge in [-0.3, -0.25) is 4.57 Å². The van der Waals surface area contributed by atoms with Crippen LogP contribution in [0.2, 0.25) is 0 Å². The summed E-state index contributed by atoms with van der Waals surface area (Å²) in [6.07, 6.45) is 1.01. The normalized spacial score (nSPS) is 16.6. The molecular formula is C16H26NOP. The monoisotopic (exact) mass is 279 g/mol. The van der Waals surface area contributed by atoms with Crippen molar-refractivity contribution in [3.8, 4) is 0 Å². The number of rotatable bonds is 1. The lowest BCUT2D eigenvalue weighted by molar-refractivity contribution is 0.514. The summed E-state index contributed by atoms with van der Waals surface area (Å²) in [7, 11) is -2.53. The van der Waals surface area contributed by atoms with Crippen LogP contribution < -0.4 is 4.67 Å². The maximum absolute atomic E-state index is 13.9. The first-order valence-electron chi connectivity index (χ1n) is 7.05. The van der Waals surface area contributed by atoms with Crippen LogP contribution in [0.25, 0.3) is 0 Å². The molecule has 0 spiro atoms. The topological polar surface area (TPSA) is 20.3 Å². The first-order chi connectivity index (χ1) is 8.59. The molecule has 0 saturated carbocycles. The molecule has 0 amide bonds. The van der Waals surface area contributed by atoms with Gasteiger partial charge >= 0.3 is 0 Å². The molecule has 1 aromatic rings. The van der Waals surface area contributed by atoms with Crippen LogP contribution in [0.3, 0.4) is 0 Å². The van der Waals surface area contributed by atoms with Gasteiger partial charge in [0.1, 0.15) is 0 Å². The van der Waals surface area contributed by atoms with E-state index in [1.807, 2.05) is 6.07 Å². The van der Waals surface area contributed by atoms with Gasteiger partial charge < -0.3 is 4.67 Å². The fraction of sp³-hybridized carbons (Fsp3) is 0.625. The molecule has 0 N–H and O–H groups in total. The molecule has 0 saturated heterocycles. The average Bonchev–Trinajstić information content (AvgIpc) is 2.68. The SMILES string of the molecule is CC(C)(C)P(=O)(N1CCc2ccccc21)C(C)(C)C. The van der Waals surface area contributed by atoms with E-state index in [1.54, 1.807) is 0 Å². The molecule has 1 aromatic carbocycles. The highest BCUT2D eigenvalue weighted by Crippen LogP contribution is 2.70. The van der Waals surface area contributed by atoms with Crippen LogP contribution in [-0.4, -0.2) is 16.9 Å². The molecule has 2 nitrogen and oxygen atoms in total. The van der Waals surface area contributed by atoms with Crippen LogP contribution in [0.4, 0.5) is 5.69 Å². The molecule has 0 aliphatic carbocycles. The minimum atomic E-state index is -2.53. The Morgan fingerprint density at radius 2 is 1.53 bits per heavy atom. The maximum Gasteiger partial charge on any atom is 0.182 e. The van der Waals surface area contributed by atoms with Crippen molar-refractivity contribution in [3.05, 3.63) is 29.8 Å². The van der Waals surface area contributed by atoms with Crippen LogP contribution in [0.15, 0.2) is 24.3 Å². The molecule has 0 bridgehead atoms. The fourth-order valence-corrected chi connectivity index (χ4v) is 7.69. The molecule has 0 atom stereocenters. The minimum Gasteiger partial charge on any atom is -0.321 e. The Balaban J connectivity index is 2.59. The molecule has 0 radical (unpaired) electrons. The van der Waals surface area contributed by atoms with Gasteiger partial charge in [-0.05, 0) is 18.1 Å². The second-order valence-electron chi connectivity index (χ2n) is 7.42. The summed E-state index contributed by atoms with van der Waals surface area (Å²) in [5, 5.41) is -0.439. The van der Waals surface area contributed by atoms with Crippen LogP contribution in [0, 0.1) is 0 Å².